The number of H-pyrrole nitrogens is 1. The molecular weight excluding hydrogens is 482 g/mol. The number of imidazole rings is 1. The number of ether oxygens (including phenoxy) is 1. The van der Waals surface area contributed by atoms with Crippen molar-refractivity contribution in [2.24, 2.45) is 0 Å². The molecule has 34 heavy (non-hydrogen) atoms. The SMILES string of the molecule is O=C(Nc1c(F)ccc(NS(=O)(=O)c2ccc(OC(F)F)cc2)c1F)c1cnc2nc[nH]c2c1. The highest BCUT2D eigenvalue weighted by Crippen LogP contribution is 2.29. The molecule has 2 aromatic heterocycles. The van der Waals surface area contributed by atoms with Crippen molar-refractivity contribution < 1.29 is 35.5 Å². The summed E-state index contributed by atoms with van der Waals surface area (Å²) < 4.78 is 84.9. The fourth-order valence-corrected chi connectivity index (χ4v) is 3.95. The Morgan fingerprint density at radius 3 is 2.50 bits per heavy atom. The fraction of sp³-hybridized carbons (Fsp3) is 0.0500. The Morgan fingerprint density at radius 1 is 1.06 bits per heavy atom. The monoisotopic (exact) mass is 495 g/mol. The van der Waals surface area contributed by atoms with Crippen LogP contribution in [0.1, 0.15) is 10.4 Å². The van der Waals surface area contributed by atoms with Gasteiger partial charge in [-0.3, -0.25) is 9.52 Å². The highest BCUT2D eigenvalue weighted by Gasteiger charge is 2.22. The van der Waals surface area contributed by atoms with Crippen molar-refractivity contribution in [1.29, 1.82) is 0 Å². The molecule has 0 aliphatic heterocycles. The van der Waals surface area contributed by atoms with Crippen LogP contribution in [0.4, 0.5) is 28.9 Å². The minimum atomic E-state index is -4.40. The minimum Gasteiger partial charge on any atom is -0.435 e. The first kappa shape index (κ1) is 23.0. The molecule has 0 aliphatic carbocycles. The second-order valence-corrected chi connectivity index (χ2v) is 8.37. The number of aromatic amines is 1. The summed E-state index contributed by atoms with van der Waals surface area (Å²) in [7, 11) is -4.40. The van der Waals surface area contributed by atoms with Crippen LogP contribution in [-0.2, 0) is 10.0 Å². The van der Waals surface area contributed by atoms with E-state index in [1.54, 1.807) is 0 Å². The third-order valence-electron chi connectivity index (χ3n) is 4.47. The lowest BCUT2D eigenvalue weighted by atomic mass is 10.2. The van der Waals surface area contributed by atoms with E-state index in [0.29, 0.717) is 11.2 Å². The van der Waals surface area contributed by atoms with E-state index < -0.39 is 50.4 Å². The third kappa shape index (κ3) is 4.76. The number of alkyl halides is 2. The maximum atomic E-state index is 14.9. The number of carbonyl (C=O) groups excluding carboxylic acids is 1. The van der Waals surface area contributed by atoms with Crippen LogP contribution >= 0.6 is 0 Å². The molecule has 0 saturated carbocycles. The molecule has 3 N–H and O–H groups in total. The number of rotatable bonds is 7. The molecule has 2 heterocycles. The first-order valence-corrected chi connectivity index (χ1v) is 10.8. The van der Waals surface area contributed by atoms with Crippen LogP contribution in [-0.4, -0.2) is 35.9 Å². The van der Waals surface area contributed by atoms with Crippen molar-refractivity contribution in [3.05, 3.63) is 72.2 Å². The van der Waals surface area contributed by atoms with Gasteiger partial charge in [-0.25, -0.2) is 27.2 Å². The van der Waals surface area contributed by atoms with Crippen molar-refractivity contribution in [1.82, 2.24) is 15.0 Å². The van der Waals surface area contributed by atoms with Gasteiger partial charge in [0.15, 0.2) is 11.5 Å². The van der Waals surface area contributed by atoms with E-state index in [1.807, 2.05) is 4.72 Å². The van der Waals surface area contributed by atoms with Crippen molar-refractivity contribution in [2.75, 3.05) is 10.0 Å². The number of hydrogen-bond acceptors (Lipinski definition) is 6. The molecule has 0 spiro atoms. The van der Waals surface area contributed by atoms with E-state index in [2.05, 4.69) is 25.0 Å². The van der Waals surface area contributed by atoms with E-state index in [-0.39, 0.29) is 11.3 Å². The number of hydrogen-bond donors (Lipinski definition) is 3. The predicted octanol–water partition coefficient (Wildman–Crippen LogP) is 3.89. The number of sulfonamides is 1. The number of benzene rings is 2. The molecular formula is C20H13F4N5O4S. The molecule has 176 valence electrons. The molecule has 4 aromatic rings. The Bertz CT molecular complexity index is 1480. The van der Waals surface area contributed by atoms with E-state index in [4.69, 9.17) is 0 Å². The van der Waals surface area contributed by atoms with Crippen LogP contribution in [0, 0.1) is 11.6 Å². The molecule has 14 heteroatoms. The van der Waals surface area contributed by atoms with Gasteiger partial charge >= 0.3 is 6.61 Å². The van der Waals surface area contributed by atoms with Gasteiger partial charge in [-0.1, -0.05) is 0 Å². The Kier molecular flexibility index (Phi) is 6.06. The molecule has 0 atom stereocenters. The number of anilines is 2. The maximum absolute atomic E-state index is 14.9. The maximum Gasteiger partial charge on any atom is 0.387 e. The lowest BCUT2D eigenvalue weighted by Crippen LogP contribution is -2.18. The van der Waals surface area contributed by atoms with E-state index in [0.717, 1.165) is 42.6 Å². The molecule has 0 fully saturated rings. The standard InChI is InChI=1S/C20H13F4N5O4S/c21-13-5-6-14(29-34(31,32)12-3-1-11(2-4-12)33-20(23)24)16(22)17(13)28-19(30)10-7-15-18(25-8-10)27-9-26-15/h1-9,20,29H,(H,28,30)(H,25,26,27). The van der Waals surface area contributed by atoms with Gasteiger partial charge in [0.05, 0.1) is 28.0 Å². The quantitative estimate of drug-likeness (QED) is 0.334. The van der Waals surface area contributed by atoms with Crippen LogP contribution in [0.3, 0.4) is 0 Å². The topological polar surface area (TPSA) is 126 Å². The Labute approximate surface area is 188 Å². The van der Waals surface area contributed by atoms with Crippen LogP contribution in [0.5, 0.6) is 5.75 Å². The molecule has 9 nitrogen and oxygen atoms in total. The molecule has 2 aromatic carbocycles. The Morgan fingerprint density at radius 2 is 1.79 bits per heavy atom. The molecule has 1 amide bonds. The number of halogens is 4. The predicted molar refractivity (Wildman–Crippen MR) is 112 cm³/mol. The van der Waals surface area contributed by atoms with Gasteiger partial charge < -0.3 is 15.0 Å². The average Bonchev–Trinajstić information content (AvgIpc) is 3.26. The fourth-order valence-electron chi connectivity index (χ4n) is 2.89. The second kappa shape index (κ2) is 8.97. The van der Waals surface area contributed by atoms with Crippen LogP contribution < -0.4 is 14.8 Å². The second-order valence-electron chi connectivity index (χ2n) is 6.69. The van der Waals surface area contributed by atoms with E-state index in [1.165, 1.54) is 12.4 Å². The van der Waals surface area contributed by atoms with E-state index in [9.17, 15) is 30.8 Å². The van der Waals surface area contributed by atoms with E-state index >= 15 is 0 Å². The number of nitrogens with zero attached hydrogens (tertiary/aromatic N) is 2. The van der Waals surface area contributed by atoms with Gasteiger partial charge in [0.2, 0.25) is 0 Å². The molecule has 0 unspecified atom stereocenters. The number of aromatic nitrogens is 3. The molecule has 0 radical (unpaired) electrons. The average molecular weight is 495 g/mol. The first-order chi connectivity index (χ1) is 16.1. The summed E-state index contributed by atoms with van der Waals surface area (Å²) >= 11 is 0. The number of carbonyl (C=O) groups is 1. The van der Waals surface area contributed by atoms with Gasteiger partial charge in [-0.05, 0) is 42.5 Å². The third-order valence-corrected chi connectivity index (χ3v) is 5.85. The summed E-state index contributed by atoms with van der Waals surface area (Å²) in [5.74, 6) is -3.73. The smallest absolute Gasteiger partial charge is 0.387 e. The Balaban J connectivity index is 1.57. The zero-order valence-electron chi connectivity index (χ0n) is 16.7. The van der Waals surface area contributed by atoms with Crippen molar-refractivity contribution in [3.8, 4) is 5.75 Å². The highest BCUT2D eigenvalue weighted by molar-refractivity contribution is 7.92. The van der Waals surface area contributed by atoms with Gasteiger partial charge in [0, 0.05) is 6.20 Å². The largest absolute Gasteiger partial charge is 0.435 e. The van der Waals surface area contributed by atoms with Crippen LogP contribution in [0.2, 0.25) is 0 Å². The lowest BCUT2D eigenvalue weighted by Gasteiger charge is -2.13. The normalized spacial score (nSPS) is 11.6. The molecule has 0 aliphatic rings. The molecule has 0 bridgehead atoms. The van der Waals surface area contributed by atoms with Crippen LogP contribution in [0.25, 0.3) is 11.2 Å². The summed E-state index contributed by atoms with van der Waals surface area (Å²) in [6.07, 6.45) is 2.51. The number of nitrogens with one attached hydrogen (secondary N) is 3. The van der Waals surface area contributed by atoms with Crippen molar-refractivity contribution >= 4 is 38.5 Å². The van der Waals surface area contributed by atoms with Crippen molar-refractivity contribution in [3.63, 3.8) is 0 Å². The first-order valence-electron chi connectivity index (χ1n) is 9.30. The zero-order valence-corrected chi connectivity index (χ0v) is 17.5. The summed E-state index contributed by atoms with van der Waals surface area (Å²) in [5, 5.41) is 2.06. The Hall–Kier alpha value is -4.20. The van der Waals surface area contributed by atoms with Crippen molar-refractivity contribution in [2.45, 2.75) is 11.5 Å². The number of pyridine rings is 1. The lowest BCUT2D eigenvalue weighted by molar-refractivity contribution is -0.0498. The summed E-state index contributed by atoms with van der Waals surface area (Å²) in [5.41, 5.74) is -0.839. The van der Waals surface area contributed by atoms with Gasteiger partial charge in [0.1, 0.15) is 17.3 Å². The molecule has 4 rings (SSSR count). The van der Waals surface area contributed by atoms with Crippen LogP contribution in [0.15, 0.2) is 59.9 Å². The summed E-state index contributed by atoms with van der Waals surface area (Å²) in [6, 6.07) is 6.84. The zero-order chi connectivity index (χ0) is 24.5. The number of fused-ring (bicyclic) bond motifs is 1. The molecule has 0 saturated heterocycles. The van der Waals surface area contributed by atoms with Gasteiger partial charge in [-0.2, -0.15) is 8.78 Å². The number of amides is 1. The minimum absolute atomic E-state index is 0.0346. The van der Waals surface area contributed by atoms with Gasteiger partial charge in [0.25, 0.3) is 15.9 Å². The highest BCUT2D eigenvalue weighted by atomic mass is 32.2. The summed E-state index contributed by atoms with van der Waals surface area (Å²) in [6.45, 7) is -3.10. The summed E-state index contributed by atoms with van der Waals surface area (Å²) in [4.78, 5) is 22.7. The van der Waals surface area contributed by atoms with Gasteiger partial charge in [-0.15, -0.1) is 0 Å².